The van der Waals surface area contributed by atoms with Crippen molar-refractivity contribution in [2.24, 2.45) is 5.73 Å². The highest BCUT2D eigenvalue weighted by Crippen LogP contribution is 2.04. The molecule has 2 heteroatoms. The number of thiocarbonyl (C=S) groups is 1. The van der Waals surface area contributed by atoms with E-state index in [1.165, 1.54) is 6.42 Å². The third-order valence-corrected chi connectivity index (χ3v) is 1.84. The second-order valence-electron chi connectivity index (χ2n) is 2.43. The summed E-state index contributed by atoms with van der Waals surface area (Å²) in [5.41, 5.74) is 7.68. The largest absolute Gasteiger partial charge is 0.402 e. The Bertz CT molecular complexity index is 138. The number of nitrogens with two attached hydrogens (primary N) is 1. The lowest BCUT2D eigenvalue weighted by atomic mass is 10.1. The Labute approximate surface area is 68.3 Å². The number of allylic oxidation sites excluding steroid dienone is 2. The Morgan fingerprint density at radius 3 is 2.60 bits per heavy atom. The average Bonchev–Trinajstić information content (AvgIpc) is 1.98. The maximum atomic E-state index is 5.70. The summed E-state index contributed by atoms with van der Waals surface area (Å²) in [6.45, 7) is 4.11. The Morgan fingerprint density at radius 2 is 2.20 bits per heavy atom. The molecule has 0 aromatic carbocycles. The van der Waals surface area contributed by atoms with Crippen LogP contribution in [-0.2, 0) is 0 Å². The van der Waals surface area contributed by atoms with Gasteiger partial charge in [-0.2, -0.15) is 0 Å². The molecular weight excluding hydrogens is 142 g/mol. The number of hydrogen-bond acceptors (Lipinski definition) is 2. The van der Waals surface area contributed by atoms with Crippen molar-refractivity contribution >= 4 is 17.6 Å². The summed E-state index contributed by atoms with van der Waals surface area (Å²) in [6.07, 6.45) is 3.33. The van der Waals surface area contributed by atoms with Gasteiger partial charge in [0, 0.05) is 11.1 Å². The zero-order valence-electron chi connectivity index (χ0n) is 6.68. The van der Waals surface area contributed by atoms with E-state index in [2.05, 4.69) is 6.92 Å². The standard InChI is InChI=1S/C8H15NS/c1-3-4-5-8(9)7(2)6-10/h6H,3-5,9H2,1-2H3. The van der Waals surface area contributed by atoms with Crippen LogP contribution in [0.5, 0.6) is 0 Å². The zero-order chi connectivity index (χ0) is 7.98. The quantitative estimate of drug-likeness (QED) is 0.501. The summed E-state index contributed by atoms with van der Waals surface area (Å²) >= 11 is 4.74. The normalized spacial score (nSPS) is 12.6. The minimum Gasteiger partial charge on any atom is -0.402 e. The van der Waals surface area contributed by atoms with Gasteiger partial charge in [-0.3, -0.25) is 0 Å². The second-order valence-corrected chi connectivity index (χ2v) is 2.67. The van der Waals surface area contributed by atoms with E-state index in [1.807, 2.05) is 6.92 Å². The van der Waals surface area contributed by atoms with Crippen molar-refractivity contribution in [1.29, 1.82) is 0 Å². The SMILES string of the molecule is CCCCC(N)=C(C)C=S. The smallest absolute Gasteiger partial charge is 0.0118 e. The Balaban J connectivity index is 3.79. The van der Waals surface area contributed by atoms with Gasteiger partial charge in [0.25, 0.3) is 0 Å². The molecule has 0 unspecified atom stereocenters. The Morgan fingerprint density at radius 1 is 1.60 bits per heavy atom. The molecule has 0 aliphatic rings. The van der Waals surface area contributed by atoms with E-state index in [4.69, 9.17) is 18.0 Å². The van der Waals surface area contributed by atoms with Crippen LogP contribution in [0.4, 0.5) is 0 Å². The monoisotopic (exact) mass is 157 g/mol. The van der Waals surface area contributed by atoms with E-state index in [9.17, 15) is 0 Å². The van der Waals surface area contributed by atoms with Crippen LogP contribution >= 0.6 is 12.2 Å². The first-order valence-electron chi connectivity index (χ1n) is 3.62. The molecule has 0 aromatic rings. The highest BCUT2D eigenvalue weighted by molar-refractivity contribution is 7.79. The molecule has 0 aromatic heterocycles. The molecule has 0 radical (unpaired) electrons. The first-order valence-corrected chi connectivity index (χ1v) is 4.10. The molecule has 58 valence electrons. The van der Waals surface area contributed by atoms with Gasteiger partial charge in [0.05, 0.1) is 0 Å². The van der Waals surface area contributed by atoms with E-state index < -0.39 is 0 Å². The molecular formula is C8H15NS. The number of unbranched alkanes of at least 4 members (excludes halogenated alkanes) is 1. The van der Waals surface area contributed by atoms with Crippen molar-refractivity contribution in [2.75, 3.05) is 0 Å². The predicted molar refractivity (Wildman–Crippen MR) is 50.1 cm³/mol. The third kappa shape index (κ3) is 3.62. The van der Waals surface area contributed by atoms with E-state index in [0.29, 0.717) is 0 Å². The second kappa shape index (κ2) is 5.42. The van der Waals surface area contributed by atoms with Gasteiger partial charge in [-0.05, 0) is 25.3 Å². The molecule has 0 amide bonds. The lowest BCUT2D eigenvalue weighted by molar-refractivity contribution is 0.778. The van der Waals surface area contributed by atoms with Crippen LogP contribution in [0.2, 0.25) is 0 Å². The van der Waals surface area contributed by atoms with Crippen LogP contribution in [0.3, 0.4) is 0 Å². The summed E-state index contributed by atoms with van der Waals surface area (Å²) in [6, 6.07) is 0. The molecule has 0 atom stereocenters. The Kier molecular flexibility index (Phi) is 5.22. The lowest BCUT2D eigenvalue weighted by Crippen LogP contribution is -2.00. The minimum atomic E-state index is 0.942. The van der Waals surface area contributed by atoms with E-state index in [0.717, 1.165) is 24.1 Å². The van der Waals surface area contributed by atoms with Crippen LogP contribution in [0.15, 0.2) is 11.3 Å². The van der Waals surface area contributed by atoms with Gasteiger partial charge in [-0.1, -0.05) is 25.6 Å². The van der Waals surface area contributed by atoms with Crippen molar-refractivity contribution in [3.8, 4) is 0 Å². The first kappa shape index (κ1) is 9.63. The van der Waals surface area contributed by atoms with Gasteiger partial charge in [0.15, 0.2) is 0 Å². The van der Waals surface area contributed by atoms with Crippen molar-refractivity contribution in [3.05, 3.63) is 11.3 Å². The highest BCUT2D eigenvalue weighted by Gasteiger charge is 1.92. The van der Waals surface area contributed by atoms with Crippen LogP contribution in [0.25, 0.3) is 0 Å². The fraction of sp³-hybridized carbons (Fsp3) is 0.625. The highest BCUT2D eigenvalue weighted by atomic mass is 32.1. The van der Waals surface area contributed by atoms with Gasteiger partial charge in [-0.25, -0.2) is 0 Å². The molecule has 0 heterocycles. The molecule has 0 saturated carbocycles. The molecule has 0 aliphatic carbocycles. The summed E-state index contributed by atoms with van der Waals surface area (Å²) in [5, 5.41) is 1.64. The fourth-order valence-corrected chi connectivity index (χ4v) is 0.791. The van der Waals surface area contributed by atoms with Crippen LogP contribution in [0, 0.1) is 0 Å². The van der Waals surface area contributed by atoms with Crippen LogP contribution in [-0.4, -0.2) is 5.37 Å². The zero-order valence-corrected chi connectivity index (χ0v) is 7.50. The molecule has 0 saturated heterocycles. The topological polar surface area (TPSA) is 26.0 Å². The number of hydrogen-bond donors (Lipinski definition) is 1. The number of rotatable bonds is 4. The molecule has 2 N–H and O–H groups in total. The minimum absolute atomic E-state index is 0.942. The Hall–Kier alpha value is -0.370. The summed E-state index contributed by atoms with van der Waals surface area (Å²) in [4.78, 5) is 0. The lowest BCUT2D eigenvalue weighted by Gasteiger charge is -2.00. The average molecular weight is 157 g/mol. The van der Waals surface area contributed by atoms with E-state index >= 15 is 0 Å². The van der Waals surface area contributed by atoms with Gasteiger partial charge >= 0.3 is 0 Å². The summed E-state index contributed by atoms with van der Waals surface area (Å²) in [5.74, 6) is 0. The molecule has 0 rings (SSSR count). The van der Waals surface area contributed by atoms with Crippen molar-refractivity contribution in [3.63, 3.8) is 0 Å². The van der Waals surface area contributed by atoms with E-state index in [-0.39, 0.29) is 0 Å². The molecule has 0 aliphatic heterocycles. The van der Waals surface area contributed by atoms with E-state index in [1.54, 1.807) is 5.37 Å². The molecule has 1 nitrogen and oxygen atoms in total. The van der Waals surface area contributed by atoms with Crippen LogP contribution in [0.1, 0.15) is 33.1 Å². The third-order valence-electron chi connectivity index (χ3n) is 1.48. The first-order chi connectivity index (χ1) is 4.72. The van der Waals surface area contributed by atoms with Crippen LogP contribution < -0.4 is 5.73 Å². The summed E-state index contributed by atoms with van der Waals surface area (Å²) < 4.78 is 0. The van der Waals surface area contributed by atoms with Crippen molar-refractivity contribution in [2.45, 2.75) is 33.1 Å². The fourth-order valence-electron chi connectivity index (χ4n) is 0.640. The van der Waals surface area contributed by atoms with Gasteiger partial charge in [-0.15, -0.1) is 0 Å². The molecule has 0 spiro atoms. The molecule has 0 fully saturated rings. The maximum Gasteiger partial charge on any atom is 0.0118 e. The van der Waals surface area contributed by atoms with Gasteiger partial charge in [0.1, 0.15) is 0 Å². The summed E-state index contributed by atoms with van der Waals surface area (Å²) in [7, 11) is 0. The molecule has 0 bridgehead atoms. The maximum absolute atomic E-state index is 5.70. The van der Waals surface area contributed by atoms with Gasteiger partial charge in [0.2, 0.25) is 0 Å². The molecule has 10 heavy (non-hydrogen) atoms. The predicted octanol–water partition coefficient (Wildman–Crippen LogP) is 2.41. The van der Waals surface area contributed by atoms with Crippen molar-refractivity contribution < 1.29 is 0 Å². The van der Waals surface area contributed by atoms with Gasteiger partial charge < -0.3 is 5.73 Å². The van der Waals surface area contributed by atoms with Crippen molar-refractivity contribution in [1.82, 2.24) is 0 Å².